The third-order valence-electron chi connectivity index (χ3n) is 3.73. The number of hydrogen-bond donors (Lipinski definition) is 1. The van der Waals surface area contributed by atoms with Crippen molar-refractivity contribution in [2.45, 2.75) is 25.4 Å². The number of carboxylic acid groups (broad SMARTS) is 1. The summed E-state index contributed by atoms with van der Waals surface area (Å²) >= 11 is 0. The van der Waals surface area contributed by atoms with Gasteiger partial charge in [0, 0.05) is 13.1 Å². The lowest BCUT2D eigenvalue weighted by Gasteiger charge is -2.30. The van der Waals surface area contributed by atoms with Crippen LogP contribution in [0.15, 0.2) is 24.3 Å². The molecule has 4 nitrogen and oxygen atoms in total. The lowest BCUT2D eigenvalue weighted by Crippen LogP contribution is -2.43. The second kappa shape index (κ2) is 6.37. The Labute approximate surface area is 125 Å². The fourth-order valence-corrected chi connectivity index (χ4v) is 2.55. The molecule has 1 aliphatic rings. The molecule has 0 bridgehead atoms. The molecule has 2 rings (SSSR count). The standard InChI is InChI=1S/C15H16F3NO3/c16-15(17,18)12-5-1-3-10(7-12)8-13(20)19-6-2-4-11(9-19)14(21)22/h1,3,5,7,11H,2,4,6,8-9H2,(H,21,22)/t11-/m1/s1. The molecule has 0 unspecified atom stereocenters. The van der Waals surface area contributed by atoms with E-state index in [2.05, 4.69) is 0 Å². The highest BCUT2D eigenvalue weighted by molar-refractivity contribution is 5.80. The molecule has 22 heavy (non-hydrogen) atoms. The number of benzene rings is 1. The summed E-state index contributed by atoms with van der Waals surface area (Å²) in [7, 11) is 0. The van der Waals surface area contributed by atoms with Crippen LogP contribution < -0.4 is 0 Å². The summed E-state index contributed by atoms with van der Waals surface area (Å²) in [6.07, 6.45) is -3.50. The number of amides is 1. The third kappa shape index (κ3) is 3.99. The fourth-order valence-electron chi connectivity index (χ4n) is 2.55. The van der Waals surface area contributed by atoms with Crippen LogP contribution in [0.4, 0.5) is 13.2 Å². The number of nitrogens with zero attached hydrogens (tertiary/aromatic N) is 1. The highest BCUT2D eigenvalue weighted by Crippen LogP contribution is 2.29. The van der Waals surface area contributed by atoms with Crippen LogP contribution in [0.2, 0.25) is 0 Å². The van der Waals surface area contributed by atoms with Crippen LogP contribution in [0.5, 0.6) is 0 Å². The van der Waals surface area contributed by atoms with Crippen LogP contribution in [0.3, 0.4) is 0 Å². The first-order valence-corrected chi connectivity index (χ1v) is 6.94. The van der Waals surface area contributed by atoms with E-state index >= 15 is 0 Å². The number of likely N-dealkylation sites (tertiary alicyclic amines) is 1. The molecule has 0 aromatic heterocycles. The van der Waals surface area contributed by atoms with Gasteiger partial charge in [-0.05, 0) is 24.5 Å². The molecule has 1 aliphatic heterocycles. The average molecular weight is 315 g/mol. The number of carbonyl (C=O) groups excluding carboxylic acids is 1. The first-order chi connectivity index (χ1) is 10.3. The molecular formula is C15H16F3NO3. The van der Waals surface area contributed by atoms with Crippen LogP contribution in [0.1, 0.15) is 24.0 Å². The number of piperidine rings is 1. The van der Waals surface area contributed by atoms with E-state index in [9.17, 15) is 22.8 Å². The summed E-state index contributed by atoms with van der Waals surface area (Å²) in [6.45, 7) is 0.564. The monoisotopic (exact) mass is 315 g/mol. The molecule has 1 atom stereocenters. The van der Waals surface area contributed by atoms with Gasteiger partial charge in [0.15, 0.2) is 0 Å². The maximum Gasteiger partial charge on any atom is 0.416 e. The average Bonchev–Trinajstić information content (AvgIpc) is 2.46. The van der Waals surface area contributed by atoms with Crippen LogP contribution in [0, 0.1) is 5.92 Å². The van der Waals surface area contributed by atoms with Gasteiger partial charge in [-0.1, -0.05) is 18.2 Å². The van der Waals surface area contributed by atoms with Gasteiger partial charge in [-0.25, -0.2) is 0 Å². The zero-order valence-corrected chi connectivity index (χ0v) is 11.8. The Kier molecular flexibility index (Phi) is 4.73. The van der Waals surface area contributed by atoms with Gasteiger partial charge in [-0.3, -0.25) is 9.59 Å². The minimum atomic E-state index is -4.45. The predicted octanol–water partition coefficient (Wildman–Crippen LogP) is 2.57. The predicted molar refractivity (Wildman–Crippen MR) is 72.1 cm³/mol. The zero-order valence-electron chi connectivity index (χ0n) is 11.8. The first-order valence-electron chi connectivity index (χ1n) is 6.94. The second-order valence-electron chi connectivity index (χ2n) is 5.39. The summed E-state index contributed by atoms with van der Waals surface area (Å²) in [4.78, 5) is 24.5. The molecule has 120 valence electrons. The Morgan fingerprint density at radius 1 is 1.32 bits per heavy atom. The highest BCUT2D eigenvalue weighted by Gasteiger charge is 2.31. The maximum atomic E-state index is 12.6. The molecule has 0 radical (unpaired) electrons. The van der Waals surface area contributed by atoms with Crippen LogP contribution in [-0.2, 0) is 22.2 Å². The third-order valence-corrected chi connectivity index (χ3v) is 3.73. The largest absolute Gasteiger partial charge is 0.481 e. The summed E-state index contributed by atoms with van der Waals surface area (Å²) in [5.41, 5.74) is -0.517. The van der Waals surface area contributed by atoms with E-state index in [4.69, 9.17) is 5.11 Å². The Balaban J connectivity index is 2.04. The van der Waals surface area contributed by atoms with Gasteiger partial charge in [0.05, 0.1) is 17.9 Å². The molecule has 0 aliphatic carbocycles. The number of rotatable bonds is 3. The first kappa shape index (κ1) is 16.3. The number of hydrogen-bond acceptors (Lipinski definition) is 2. The van der Waals surface area contributed by atoms with Crippen molar-refractivity contribution >= 4 is 11.9 Å². The van der Waals surface area contributed by atoms with E-state index in [1.807, 2.05) is 0 Å². The molecule has 0 saturated carbocycles. The van der Waals surface area contributed by atoms with Crippen LogP contribution in [0.25, 0.3) is 0 Å². The summed E-state index contributed by atoms with van der Waals surface area (Å²) in [6, 6.07) is 4.64. The molecule has 1 N–H and O–H groups in total. The normalized spacial score (nSPS) is 19.0. The van der Waals surface area contributed by atoms with Crippen molar-refractivity contribution in [3.05, 3.63) is 35.4 Å². The lowest BCUT2D eigenvalue weighted by molar-refractivity contribution is -0.145. The highest BCUT2D eigenvalue weighted by atomic mass is 19.4. The Hall–Kier alpha value is -2.05. The molecule has 0 spiro atoms. The Morgan fingerprint density at radius 3 is 2.68 bits per heavy atom. The summed E-state index contributed by atoms with van der Waals surface area (Å²) < 4.78 is 37.9. The van der Waals surface area contributed by atoms with E-state index in [1.54, 1.807) is 0 Å². The van der Waals surface area contributed by atoms with E-state index in [1.165, 1.54) is 17.0 Å². The molecule has 7 heteroatoms. The Morgan fingerprint density at radius 2 is 2.05 bits per heavy atom. The van der Waals surface area contributed by atoms with Gasteiger partial charge in [-0.2, -0.15) is 13.2 Å². The maximum absolute atomic E-state index is 12.6. The molecule has 1 saturated heterocycles. The Bertz CT molecular complexity index is 571. The van der Waals surface area contributed by atoms with E-state index in [-0.39, 0.29) is 24.4 Å². The second-order valence-corrected chi connectivity index (χ2v) is 5.39. The quantitative estimate of drug-likeness (QED) is 0.932. The van der Waals surface area contributed by atoms with Crippen molar-refractivity contribution in [2.24, 2.45) is 5.92 Å². The zero-order chi connectivity index (χ0) is 16.3. The van der Waals surface area contributed by atoms with Gasteiger partial charge in [-0.15, -0.1) is 0 Å². The van der Waals surface area contributed by atoms with Gasteiger partial charge >= 0.3 is 12.1 Å². The van der Waals surface area contributed by atoms with E-state index in [0.717, 1.165) is 12.1 Å². The smallest absolute Gasteiger partial charge is 0.416 e. The lowest BCUT2D eigenvalue weighted by atomic mass is 9.97. The van der Waals surface area contributed by atoms with Crippen molar-refractivity contribution in [3.63, 3.8) is 0 Å². The number of aliphatic carboxylic acids is 1. The van der Waals surface area contributed by atoms with Gasteiger partial charge < -0.3 is 10.0 Å². The molecular weight excluding hydrogens is 299 g/mol. The minimum Gasteiger partial charge on any atom is -0.481 e. The number of alkyl halides is 3. The SMILES string of the molecule is O=C(O)[C@@H]1CCCN(C(=O)Cc2cccc(C(F)(F)F)c2)C1. The topological polar surface area (TPSA) is 57.6 Å². The summed E-state index contributed by atoms with van der Waals surface area (Å²) in [5, 5.41) is 8.99. The fraction of sp³-hybridized carbons (Fsp3) is 0.467. The van der Waals surface area contributed by atoms with E-state index in [0.29, 0.717) is 19.4 Å². The van der Waals surface area contributed by atoms with Crippen molar-refractivity contribution in [1.29, 1.82) is 0 Å². The van der Waals surface area contributed by atoms with Gasteiger partial charge in [0.1, 0.15) is 0 Å². The van der Waals surface area contributed by atoms with Gasteiger partial charge in [0.25, 0.3) is 0 Å². The van der Waals surface area contributed by atoms with E-state index < -0.39 is 23.6 Å². The molecule has 1 amide bonds. The van der Waals surface area contributed by atoms with Crippen molar-refractivity contribution in [2.75, 3.05) is 13.1 Å². The number of carboxylic acids is 1. The molecule has 1 fully saturated rings. The molecule has 1 aromatic carbocycles. The van der Waals surface area contributed by atoms with Crippen LogP contribution >= 0.6 is 0 Å². The van der Waals surface area contributed by atoms with Crippen molar-refractivity contribution < 1.29 is 27.9 Å². The molecule has 1 heterocycles. The minimum absolute atomic E-state index is 0.118. The molecule has 1 aromatic rings. The summed E-state index contributed by atoms with van der Waals surface area (Å²) in [5.74, 6) is -1.89. The number of carbonyl (C=O) groups is 2. The van der Waals surface area contributed by atoms with Crippen molar-refractivity contribution in [3.8, 4) is 0 Å². The van der Waals surface area contributed by atoms with Gasteiger partial charge in [0.2, 0.25) is 5.91 Å². The van der Waals surface area contributed by atoms with Crippen molar-refractivity contribution in [1.82, 2.24) is 4.90 Å². The van der Waals surface area contributed by atoms with Crippen LogP contribution in [-0.4, -0.2) is 35.0 Å². The number of halogens is 3.